The molecular weight excluding hydrogens is 256 g/mol. The predicted molar refractivity (Wildman–Crippen MR) is 54.3 cm³/mol. The minimum atomic E-state index is -4.02. The molecule has 0 spiro atoms. The van der Waals surface area contributed by atoms with Gasteiger partial charge in [-0.1, -0.05) is 11.6 Å². The number of halogens is 1. The van der Waals surface area contributed by atoms with Crippen LogP contribution in [0, 0.1) is 11.5 Å². The molecule has 0 saturated carbocycles. The van der Waals surface area contributed by atoms with E-state index in [0.29, 0.717) is 0 Å². The Kier molecular flexibility index (Phi) is 3.37. The summed E-state index contributed by atoms with van der Waals surface area (Å²) in [6.07, 6.45) is 1.25. The molecule has 0 heterocycles. The molecule has 0 saturated heterocycles. The van der Waals surface area contributed by atoms with Crippen molar-refractivity contribution in [3.05, 3.63) is 28.8 Å². The van der Waals surface area contributed by atoms with Gasteiger partial charge in [0.05, 0.1) is 15.5 Å². The second kappa shape index (κ2) is 4.38. The number of benzene rings is 1. The van der Waals surface area contributed by atoms with E-state index in [-0.39, 0.29) is 15.5 Å². The molecule has 0 fully saturated rings. The third-order valence-corrected chi connectivity index (χ3v) is 3.22. The molecule has 1 aromatic rings. The number of nitriles is 1. The van der Waals surface area contributed by atoms with Crippen LogP contribution in [0.5, 0.6) is 0 Å². The molecule has 84 valence electrons. The van der Waals surface area contributed by atoms with Gasteiger partial charge in [0.15, 0.2) is 6.19 Å². The first kappa shape index (κ1) is 12.3. The van der Waals surface area contributed by atoms with Crippen molar-refractivity contribution < 1.29 is 18.3 Å². The Morgan fingerprint density at radius 3 is 2.62 bits per heavy atom. The molecule has 0 aliphatic carbocycles. The van der Waals surface area contributed by atoms with Gasteiger partial charge in [0, 0.05) is 0 Å². The molecule has 0 bridgehead atoms. The SMILES string of the molecule is N#CNS(=O)(=O)c1ccc(Cl)c(C(=O)O)c1. The van der Waals surface area contributed by atoms with E-state index < -0.39 is 16.0 Å². The van der Waals surface area contributed by atoms with Crippen molar-refractivity contribution in [2.45, 2.75) is 4.90 Å². The number of aromatic carboxylic acids is 1. The van der Waals surface area contributed by atoms with Crippen LogP contribution in [-0.2, 0) is 10.0 Å². The summed E-state index contributed by atoms with van der Waals surface area (Å²) < 4.78 is 24.3. The van der Waals surface area contributed by atoms with E-state index >= 15 is 0 Å². The van der Waals surface area contributed by atoms with Crippen LogP contribution in [0.1, 0.15) is 10.4 Å². The molecule has 0 radical (unpaired) electrons. The lowest BCUT2D eigenvalue weighted by molar-refractivity contribution is 0.0697. The number of carbonyl (C=O) groups is 1. The quantitative estimate of drug-likeness (QED) is 0.617. The summed E-state index contributed by atoms with van der Waals surface area (Å²) in [4.78, 5) is 10.4. The number of nitrogens with zero attached hydrogens (tertiary/aromatic N) is 1. The Hall–Kier alpha value is -1.78. The number of rotatable bonds is 3. The van der Waals surface area contributed by atoms with E-state index in [2.05, 4.69) is 0 Å². The van der Waals surface area contributed by atoms with Crippen molar-refractivity contribution in [1.29, 1.82) is 5.26 Å². The Morgan fingerprint density at radius 1 is 1.50 bits per heavy atom. The zero-order chi connectivity index (χ0) is 12.3. The summed E-state index contributed by atoms with van der Waals surface area (Å²) in [6.45, 7) is 0. The average Bonchev–Trinajstić information content (AvgIpc) is 2.17. The zero-order valence-corrected chi connectivity index (χ0v) is 9.21. The molecule has 0 aliphatic heterocycles. The molecule has 0 atom stereocenters. The highest BCUT2D eigenvalue weighted by Crippen LogP contribution is 2.20. The molecule has 8 heteroatoms. The van der Waals surface area contributed by atoms with Gasteiger partial charge in [-0.25, -0.2) is 17.9 Å². The van der Waals surface area contributed by atoms with Gasteiger partial charge in [-0.05, 0) is 18.2 Å². The summed E-state index contributed by atoms with van der Waals surface area (Å²) in [7, 11) is -4.02. The summed E-state index contributed by atoms with van der Waals surface area (Å²) >= 11 is 5.56. The van der Waals surface area contributed by atoms with Crippen LogP contribution in [-0.4, -0.2) is 19.5 Å². The van der Waals surface area contributed by atoms with E-state index in [0.717, 1.165) is 18.2 Å². The molecule has 1 aromatic carbocycles. The molecule has 1 rings (SSSR count). The second-order valence-corrected chi connectivity index (χ2v) is 4.75. The molecule has 16 heavy (non-hydrogen) atoms. The summed E-state index contributed by atoms with van der Waals surface area (Å²) in [6, 6.07) is 3.12. The molecule has 0 aliphatic rings. The number of hydrogen-bond donors (Lipinski definition) is 2. The normalized spacial score (nSPS) is 10.5. The van der Waals surface area contributed by atoms with E-state index in [1.54, 1.807) is 4.72 Å². The Labute approximate surface area is 96.1 Å². The minimum Gasteiger partial charge on any atom is -0.478 e. The fraction of sp³-hybridized carbons (Fsp3) is 0. The molecule has 0 aromatic heterocycles. The zero-order valence-electron chi connectivity index (χ0n) is 7.64. The summed E-state index contributed by atoms with van der Waals surface area (Å²) in [5.74, 6) is -1.35. The van der Waals surface area contributed by atoms with Crippen molar-refractivity contribution in [2.24, 2.45) is 0 Å². The first-order chi connectivity index (χ1) is 7.38. The maximum Gasteiger partial charge on any atom is 0.337 e. The molecular formula is C8H5ClN2O4S. The highest BCUT2D eigenvalue weighted by atomic mass is 35.5. The van der Waals surface area contributed by atoms with E-state index in [1.165, 1.54) is 6.19 Å². The van der Waals surface area contributed by atoms with Crippen molar-refractivity contribution >= 4 is 27.6 Å². The number of sulfonamides is 1. The second-order valence-electron chi connectivity index (χ2n) is 2.66. The van der Waals surface area contributed by atoms with Gasteiger partial charge >= 0.3 is 5.97 Å². The maximum absolute atomic E-state index is 11.3. The number of carboxylic acids is 1. The standard InChI is InChI=1S/C8H5ClN2O4S/c9-7-2-1-5(3-6(7)8(12)13)16(14,15)11-4-10/h1-3,11H,(H,12,13). The van der Waals surface area contributed by atoms with Crippen LogP contribution in [0.3, 0.4) is 0 Å². The minimum absolute atomic E-state index is 0.0802. The maximum atomic E-state index is 11.3. The van der Waals surface area contributed by atoms with Gasteiger partial charge in [0.25, 0.3) is 10.0 Å². The largest absolute Gasteiger partial charge is 0.478 e. The lowest BCUT2D eigenvalue weighted by atomic mass is 10.2. The van der Waals surface area contributed by atoms with E-state index in [4.69, 9.17) is 22.0 Å². The number of nitrogens with one attached hydrogen (secondary N) is 1. The third kappa shape index (κ3) is 2.42. The highest BCUT2D eigenvalue weighted by Gasteiger charge is 2.17. The third-order valence-electron chi connectivity index (χ3n) is 1.66. The molecule has 0 unspecified atom stereocenters. The number of hydrogen-bond acceptors (Lipinski definition) is 4. The average molecular weight is 261 g/mol. The first-order valence-electron chi connectivity index (χ1n) is 3.82. The monoisotopic (exact) mass is 260 g/mol. The first-order valence-corrected chi connectivity index (χ1v) is 5.68. The Balaban J connectivity index is 3.35. The lowest BCUT2D eigenvalue weighted by Gasteiger charge is -2.03. The van der Waals surface area contributed by atoms with Crippen LogP contribution in [0.15, 0.2) is 23.1 Å². The predicted octanol–water partition coefficient (Wildman–Crippen LogP) is 0.798. The smallest absolute Gasteiger partial charge is 0.337 e. The molecule has 6 nitrogen and oxygen atoms in total. The van der Waals surface area contributed by atoms with Gasteiger partial charge in [-0.15, -0.1) is 0 Å². The molecule has 2 N–H and O–H groups in total. The fourth-order valence-corrected chi connectivity index (χ4v) is 1.91. The Bertz CT molecular complexity index is 576. The fourth-order valence-electron chi connectivity index (χ4n) is 0.954. The van der Waals surface area contributed by atoms with Gasteiger partial charge in [-0.2, -0.15) is 5.26 Å². The van der Waals surface area contributed by atoms with Crippen LogP contribution in [0.25, 0.3) is 0 Å². The van der Waals surface area contributed by atoms with Gasteiger partial charge in [0.1, 0.15) is 0 Å². The van der Waals surface area contributed by atoms with Crippen molar-refractivity contribution in [3.63, 3.8) is 0 Å². The Morgan fingerprint density at radius 2 is 2.12 bits per heavy atom. The van der Waals surface area contributed by atoms with Crippen molar-refractivity contribution in [1.82, 2.24) is 4.72 Å². The summed E-state index contributed by atoms with van der Waals surface area (Å²) in [5.41, 5.74) is -0.345. The van der Waals surface area contributed by atoms with Gasteiger partial charge < -0.3 is 5.11 Å². The van der Waals surface area contributed by atoms with Gasteiger partial charge in [-0.3, -0.25) is 0 Å². The highest BCUT2D eigenvalue weighted by molar-refractivity contribution is 7.89. The molecule has 0 amide bonds. The van der Waals surface area contributed by atoms with Crippen LogP contribution >= 0.6 is 11.6 Å². The van der Waals surface area contributed by atoms with Crippen LogP contribution in [0.2, 0.25) is 5.02 Å². The van der Waals surface area contributed by atoms with Crippen molar-refractivity contribution in [3.8, 4) is 6.19 Å². The number of carboxylic acid groups (broad SMARTS) is 1. The van der Waals surface area contributed by atoms with Gasteiger partial charge in [0.2, 0.25) is 0 Å². The van der Waals surface area contributed by atoms with Crippen LogP contribution in [0.4, 0.5) is 0 Å². The topological polar surface area (TPSA) is 107 Å². The lowest BCUT2D eigenvalue weighted by Crippen LogP contribution is -2.18. The van der Waals surface area contributed by atoms with E-state index in [9.17, 15) is 13.2 Å². The van der Waals surface area contributed by atoms with E-state index in [1.807, 2.05) is 0 Å². The van der Waals surface area contributed by atoms with Crippen molar-refractivity contribution in [2.75, 3.05) is 0 Å². The summed E-state index contributed by atoms with van der Waals surface area (Å²) in [5, 5.41) is 16.9. The van der Waals surface area contributed by atoms with Crippen LogP contribution < -0.4 is 4.72 Å².